The number of amides is 2. The van der Waals surface area contributed by atoms with Gasteiger partial charge in [-0.05, 0) is 50.5 Å². The van der Waals surface area contributed by atoms with Crippen molar-refractivity contribution in [2.45, 2.75) is 45.7 Å². The van der Waals surface area contributed by atoms with Gasteiger partial charge in [0.2, 0.25) is 11.8 Å². The molecule has 2 heterocycles. The van der Waals surface area contributed by atoms with Gasteiger partial charge in [-0.25, -0.2) is 0 Å². The fourth-order valence-corrected chi connectivity index (χ4v) is 3.54. The summed E-state index contributed by atoms with van der Waals surface area (Å²) in [6.45, 7) is 7.88. The minimum Gasteiger partial charge on any atom is -0.399 e. The Morgan fingerprint density at radius 1 is 1.26 bits per heavy atom. The van der Waals surface area contributed by atoms with Gasteiger partial charge < -0.3 is 15.5 Å². The lowest BCUT2D eigenvalue weighted by atomic mass is 9.97. The zero-order valence-electron chi connectivity index (χ0n) is 14.1. The molecule has 0 saturated carbocycles. The molecule has 1 unspecified atom stereocenters. The fourth-order valence-electron chi connectivity index (χ4n) is 3.54. The summed E-state index contributed by atoms with van der Waals surface area (Å²) < 4.78 is 0. The third kappa shape index (κ3) is 3.05. The Morgan fingerprint density at radius 2 is 2.00 bits per heavy atom. The Labute approximate surface area is 137 Å². The van der Waals surface area contributed by atoms with Crippen LogP contribution in [0.4, 0.5) is 5.69 Å². The molecule has 3 rings (SSSR count). The highest BCUT2D eigenvalue weighted by atomic mass is 16.2. The van der Waals surface area contributed by atoms with Crippen molar-refractivity contribution in [2.24, 2.45) is 5.92 Å². The first-order valence-corrected chi connectivity index (χ1v) is 8.22. The standard InChI is InChI=1S/C18H25N3O2/c1-18(2,3)21-11-14(9-16(21)22)17(23)20-7-6-12-4-5-15(19)8-13(12)10-20/h4-5,8,14H,6-7,9-11,19H2,1-3H3. The molecule has 2 aliphatic heterocycles. The van der Waals surface area contributed by atoms with Crippen LogP contribution in [0, 0.1) is 5.92 Å². The first-order valence-electron chi connectivity index (χ1n) is 8.22. The lowest BCUT2D eigenvalue weighted by Gasteiger charge is -2.33. The number of nitrogen functional groups attached to an aromatic ring is 1. The van der Waals surface area contributed by atoms with Crippen molar-refractivity contribution in [1.29, 1.82) is 0 Å². The van der Waals surface area contributed by atoms with Gasteiger partial charge in [-0.15, -0.1) is 0 Å². The number of carbonyl (C=O) groups excluding carboxylic acids is 2. The molecule has 0 bridgehead atoms. The van der Waals surface area contributed by atoms with Crippen molar-refractivity contribution in [1.82, 2.24) is 9.80 Å². The Hall–Kier alpha value is -2.04. The number of nitrogens with zero attached hydrogens (tertiary/aromatic N) is 2. The second-order valence-electron chi connectivity index (χ2n) is 7.61. The van der Waals surface area contributed by atoms with Crippen LogP contribution in [0.15, 0.2) is 18.2 Å². The molecule has 5 nitrogen and oxygen atoms in total. The van der Waals surface area contributed by atoms with Crippen molar-refractivity contribution in [2.75, 3.05) is 18.8 Å². The zero-order valence-corrected chi connectivity index (χ0v) is 14.1. The van der Waals surface area contributed by atoms with Crippen LogP contribution in [0.1, 0.15) is 38.3 Å². The van der Waals surface area contributed by atoms with Crippen molar-refractivity contribution < 1.29 is 9.59 Å². The van der Waals surface area contributed by atoms with Gasteiger partial charge in [0, 0.05) is 37.3 Å². The van der Waals surface area contributed by atoms with E-state index in [1.165, 1.54) is 5.56 Å². The van der Waals surface area contributed by atoms with E-state index in [0.717, 1.165) is 24.2 Å². The van der Waals surface area contributed by atoms with Crippen molar-refractivity contribution >= 4 is 17.5 Å². The van der Waals surface area contributed by atoms with E-state index < -0.39 is 0 Å². The second kappa shape index (κ2) is 5.55. The molecule has 124 valence electrons. The summed E-state index contributed by atoms with van der Waals surface area (Å²) in [4.78, 5) is 28.7. The van der Waals surface area contributed by atoms with Gasteiger partial charge in [0.25, 0.3) is 0 Å². The lowest BCUT2D eigenvalue weighted by molar-refractivity contribution is -0.136. The molecule has 0 aromatic heterocycles. The smallest absolute Gasteiger partial charge is 0.228 e. The third-order valence-electron chi connectivity index (χ3n) is 4.84. The first kappa shape index (κ1) is 15.8. The molecule has 0 aliphatic carbocycles. The van der Waals surface area contributed by atoms with Crippen LogP contribution in [0.2, 0.25) is 0 Å². The molecular weight excluding hydrogens is 290 g/mol. The van der Waals surface area contributed by atoms with Gasteiger partial charge in [-0.2, -0.15) is 0 Å². The Morgan fingerprint density at radius 3 is 2.65 bits per heavy atom. The van der Waals surface area contributed by atoms with E-state index in [9.17, 15) is 9.59 Å². The maximum Gasteiger partial charge on any atom is 0.228 e. The average molecular weight is 315 g/mol. The Balaban J connectivity index is 1.72. The van der Waals surface area contributed by atoms with E-state index in [4.69, 9.17) is 5.73 Å². The summed E-state index contributed by atoms with van der Waals surface area (Å²) in [5.41, 5.74) is 8.75. The van der Waals surface area contributed by atoms with Crippen molar-refractivity contribution in [3.8, 4) is 0 Å². The average Bonchev–Trinajstić information content (AvgIpc) is 2.87. The van der Waals surface area contributed by atoms with Crippen LogP contribution >= 0.6 is 0 Å². The number of hydrogen-bond donors (Lipinski definition) is 1. The van der Waals surface area contributed by atoms with Crippen LogP contribution in [-0.4, -0.2) is 40.2 Å². The van der Waals surface area contributed by atoms with E-state index in [2.05, 4.69) is 0 Å². The minimum atomic E-state index is -0.227. The number of hydrogen-bond acceptors (Lipinski definition) is 3. The second-order valence-corrected chi connectivity index (χ2v) is 7.61. The summed E-state index contributed by atoms with van der Waals surface area (Å²) >= 11 is 0. The van der Waals surface area contributed by atoms with Gasteiger partial charge in [0.05, 0.1) is 5.92 Å². The van der Waals surface area contributed by atoms with Crippen LogP contribution < -0.4 is 5.73 Å². The molecule has 1 atom stereocenters. The molecule has 1 aromatic rings. The van der Waals surface area contributed by atoms with Crippen molar-refractivity contribution in [3.63, 3.8) is 0 Å². The number of anilines is 1. The minimum absolute atomic E-state index is 0.0810. The topological polar surface area (TPSA) is 66.6 Å². The van der Waals surface area contributed by atoms with E-state index in [-0.39, 0.29) is 23.3 Å². The number of fused-ring (bicyclic) bond motifs is 1. The monoisotopic (exact) mass is 315 g/mol. The summed E-state index contributed by atoms with van der Waals surface area (Å²) in [6.07, 6.45) is 1.18. The quantitative estimate of drug-likeness (QED) is 0.804. The number of nitrogens with two attached hydrogens (primary N) is 1. The van der Waals surface area contributed by atoms with Crippen LogP contribution in [0.25, 0.3) is 0 Å². The van der Waals surface area contributed by atoms with Gasteiger partial charge in [-0.1, -0.05) is 6.07 Å². The number of carbonyl (C=O) groups is 2. The summed E-state index contributed by atoms with van der Waals surface area (Å²) in [5, 5.41) is 0. The SMILES string of the molecule is CC(C)(C)N1CC(C(=O)N2CCc3ccc(N)cc3C2)CC1=O. The number of likely N-dealkylation sites (tertiary alicyclic amines) is 1. The zero-order chi connectivity index (χ0) is 16.8. The van der Waals surface area contributed by atoms with Crippen molar-refractivity contribution in [3.05, 3.63) is 29.3 Å². The molecule has 5 heteroatoms. The first-order chi connectivity index (χ1) is 10.8. The highest BCUT2D eigenvalue weighted by Gasteiger charge is 2.41. The van der Waals surface area contributed by atoms with E-state index >= 15 is 0 Å². The molecule has 0 radical (unpaired) electrons. The van der Waals surface area contributed by atoms with Gasteiger partial charge in [-0.3, -0.25) is 9.59 Å². The van der Waals surface area contributed by atoms with Crippen LogP contribution in [-0.2, 0) is 22.6 Å². The lowest BCUT2D eigenvalue weighted by Crippen LogP contribution is -2.44. The Bertz CT molecular complexity index is 648. The van der Waals surface area contributed by atoms with Gasteiger partial charge in [0.15, 0.2) is 0 Å². The summed E-state index contributed by atoms with van der Waals surface area (Å²) in [7, 11) is 0. The van der Waals surface area contributed by atoms with Gasteiger partial charge in [0.1, 0.15) is 0 Å². The highest BCUT2D eigenvalue weighted by molar-refractivity contribution is 5.89. The normalized spacial score (nSPS) is 21.5. The maximum atomic E-state index is 12.8. The van der Waals surface area contributed by atoms with E-state index in [1.807, 2.05) is 48.8 Å². The van der Waals surface area contributed by atoms with Gasteiger partial charge >= 0.3 is 0 Å². The fraction of sp³-hybridized carbons (Fsp3) is 0.556. The molecule has 0 spiro atoms. The molecule has 1 fully saturated rings. The van der Waals surface area contributed by atoms with Crippen LogP contribution in [0.5, 0.6) is 0 Å². The highest BCUT2D eigenvalue weighted by Crippen LogP contribution is 2.29. The van der Waals surface area contributed by atoms with Crippen LogP contribution in [0.3, 0.4) is 0 Å². The predicted octanol–water partition coefficient (Wildman–Crippen LogP) is 1.80. The van der Waals surface area contributed by atoms with E-state index in [1.54, 1.807) is 0 Å². The molecular formula is C18H25N3O2. The Kier molecular flexibility index (Phi) is 3.82. The third-order valence-corrected chi connectivity index (χ3v) is 4.84. The molecule has 1 aromatic carbocycles. The maximum absolute atomic E-state index is 12.8. The molecule has 23 heavy (non-hydrogen) atoms. The summed E-state index contributed by atoms with van der Waals surface area (Å²) in [6, 6.07) is 5.91. The number of benzene rings is 1. The number of rotatable bonds is 1. The molecule has 2 amide bonds. The van der Waals surface area contributed by atoms with E-state index in [0.29, 0.717) is 19.5 Å². The largest absolute Gasteiger partial charge is 0.399 e. The molecule has 2 N–H and O–H groups in total. The predicted molar refractivity (Wildman–Crippen MR) is 89.5 cm³/mol. The summed E-state index contributed by atoms with van der Waals surface area (Å²) in [5.74, 6) is -0.0417. The molecule has 2 aliphatic rings. The molecule has 1 saturated heterocycles.